The summed E-state index contributed by atoms with van der Waals surface area (Å²) in [5, 5.41) is 0. The van der Waals surface area contributed by atoms with Gasteiger partial charge < -0.3 is 10.6 Å². The van der Waals surface area contributed by atoms with Crippen molar-refractivity contribution in [3.8, 4) is 0 Å². The molecule has 0 bridgehead atoms. The van der Waals surface area contributed by atoms with Gasteiger partial charge in [0.25, 0.3) is 0 Å². The molecule has 108 valence electrons. The molecule has 0 aliphatic carbocycles. The molecule has 0 aromatic carbocycles. The minimum atomic E-state index is 0.451. The van der Waals surface area contributed by atoms with Crippen LogP contribution in [0.3, 0.4) is 0 Å². The molecule has 1 heterocycles. The van der Waals surface area contributed by atoms with E-state index in [0.29, 0.717) is 4.75 Å². The zero-order valence-electron chi connectivity index (χ0n) is 12.7. The average molecular weight is 273 g/mol. The Hall–Kier alpha value is 0.270. The summed E-state index contributed by atoms with van der Waals surface area (Å²) in [6.07, 6.45) is 3.88. The molecule has 1 unspecified atom stereocenters. The third-order valence-corrected chi connectivity index (χ3v) is 5.33. The third kappa shape index (κ3) is 5.94. The lowest BCUT2D eigenvalue weighted by Crippen LogP contribution is -2.43. The van der Waals surface area contributed by atoms with E-state index in [0.717, 1.165) is 18.4 Å². The fourth-order valence-corrected chi connectivity index (χ4v) is 4.08. The molecule has 1 saturated heterocycles. The molecular weight excluding hydrogens is 240 g/mol. The minimum Gasteiger partial charge on any atom is -0.330 e. The Labute approximate surface area is 118 Å². The van der Waals surface area contributed by atoms with Gasteiger partial charge in [0.15, 0.2) is 0 Å². The summed E-state index contributed by atoms with van der Waals surface area (Å²) in [7, 11) is 0. The fraction of sp³-hybridized carbons (Fsp3) is 1.00. The third-order valence-electron chi connectivity index (χ3n) is 4.03. The maximum atomic E-state index is 5.70. The van der Waals surface area contributed by atoms with Crippen LogP contribution in [-0.4, -0.2) is 41.6 Å². The summed E-state index contributed by atoms with van der Waals surface area (Å²) >= 11 is 2.12. The van der Waals surface area contributed by atoms with E-state index < -0.39 is 0 Å². The van der Waals surface area contributed by atoms with E-state index in [4.69, 9.17) is 5.73 Å². The van der Waals surface area contributed by atoms with Crippen molar-refractivity contribution in [1.29, 1.82) is 0 Å². The summed E-state index contributed by atoms with van der Waals surface area (Å²) in [4.78, 5) is 2.65. The van der Waals surface area contributed by atoms with Crippen molar-refractivity contribution >= 4 is 11.8 Å². The molecule has 2 N–H and O–H groups in total. The van der Waals surface area contributed by atoms with Crippen LogP contribution in [0.1, 0.15) is 47.0 Å². The zero-order valence-corrected chi connectivity index (χ0v) is 13.6. The average Bonchev–Trinajstić information content (AvgIpc) is 2.26. The molecule has 0 radical (unpaired) electrons. The number of hydrogen-bond acceptors (Lipinski definition) is 3. The number of hydrogen-bond donors (Lipinski definition) is 1. The number of nitrogens with zero attached hydrogens (tertiary/aromatic N) is 1. The first-order chi connectivity index (χ1) is 8.44. The van der Waals surface area contributed by atoms with Crippen molar-refractivity contribution in [2.75, 3.05) is 31.9 Å². The predicted molar refractivity (Wildman–Crippen MR) is 84.2 cm³/mol. The van der Waals surface area contributed by atoms with Crippen LogP contribution in [0.25, 0.3) is 0 Å². The molecule has 2 nitrogen and oxygen atoms in total. The highest BCUT2D eigenvalue weighted by Crippen LogP contribution is 2.30. The SMILES string of the molecule is CC(C)C(CCN)CCCN1CCSC(C)(C)C1. The molecule has 1 rings (SSSR count). The molecule has 0 spiro atoms. The van der Waals surface area contributed by atoms with E-state index in [2.05, 4.69) is 44.4 Å². The van der Waals surface area contributed by atoms with E-state index >= 15 is 0 Å². The first kappa shape index (κ1) is 16.3. The standard InChI is InChI=1S/C15H32N2S/c1-13(2)14(7-8-16)6-5-9-17-10-11-18-15(3,4)12-17/h13-14H,5-12,16H2,1-4H3. The van der Waals surface area contributed by atoms with E-state index in [9.17, 15) is 0 Å². The Morgan fingerprint density at radius 1 is 1.28 bits per heavy atom. The monoisotopic (exact) mass is 272 g/mol. The van der Waals surface area contributed by atoms with Crippen LogP contribution in [0.2, 0.25) is 0 Å². The van der Waals surface area contributed by atoms with Crippen molar-refractivity contribution in [2.24, 2.45) is 17.6 Å². The first-order valence-corrected chi connectivity index (χ1v) is 8.49. The number of nitrogens with two attached hydrogens (primary N) is 1. The summed E-state index contributed by atoms with van der Waals surface area (Å²) < 4.78 is 0.451. The zero-order chi connectivity index (χ0) is 13.6. The van der Waals surface area contributed by atoms with E-state index in [1.165, 1.54) is 44.6 Å². The summed E-state index contributed by atoms with van der Waals surface area (Å²) in [5.74, 6) is 2.90. The normalized spacial score (nSPS) is 22.3. The molecule has 0 saturated carbocycles. The van der Waals surface area contributed by atoms with Gasteiger partial charge in [-0.1, -0.05) is 13.8 Å². The molecule has 0 aromatic rings. The van der Waals surface area contributed by atoms with E-state index in [-0.39, 0.29) is 0 Å². The second kappa shape index (κ2) is 7.76. The summed E-state index contributed by atoms with van der Waals surface area (Å²) in [6, 6.07) is 0. The lowest BCUT2D eigenvalue weighted by Gasteiger charge is -2.37. The highest BCUT2D eigenvalue weighted by atomic mass is 32.2. The highest BCUT2D eigenvalue weighted by Gasteiger charge is 2.26. The Bertz CT molecular complexity index is 229. The first-order valence-electron chi connectivity index (χ1n) is 7.51. The fourth-order valence-electron chi connectivity index (χ4n) is 2.91. The van der Waals surface area contributed by atoms with Crippen LogP contribution in [0.15, 0.2) is 0 Å². The molecule has 18 heavy (non-hydrogen) atoms. The number of rotatable bonds is 7. The minimum absolute atomic E-state index is 0.451. The Morgan fingerprint density at radius 2 is 2.00 bits per heavy atom. The molecule has 1 aliphatic rings. The van der Waals surface area contributed by atoms with Crippen LogP contribution in [0.5, 0.6) is 0 Å². The predicted octanol–water partition coefficient (Wildman–Crippen LogP) is 3.22. The van der Waals surface area contributed by atoms with Crippen molar-refractivity contribution in [2.45, 2.75) is 51.7 Å². The van der Waals surface area contributed by atoms with Crippen molar-refractivity contribution in [1.82, 2.24) is 4.90 Å². The van der Waals surface area contributed by atoms with Gasteiger partial charge >= 0.3 is 0 Å². The van der Waals surface area contributed by atoms with Gasteiger partial charge in [-0.3, -0.25) is 0 Å². The van der Waals surface area contributed by atoms with Crippen molar-refractivity contribution in [3.63, 3.8) is 0 Å². The van der Waals surface area contributed by atoms with E-state index in [1.54, 1.807) is 0 Å². The molecule has 0 aromatic heterocycles. The second-order valence-corrected chi connectivity index (χ2v) is 8.41. The van der Waals surface area contributed by atoms with Crippen LogP contribution >= 0.6 is 11.8 Å². The molecule has 0 amide bonds. The van der Waals surface area contributed by atoms with Gasteiger partial charge in [0.05, 0.1) is 0 Å². The Morgan fingerprint density at radius 3 is 2.56 bits per heavy atom. The molecule has 1 atom stereocenters. The lowest BCUT2D eigenvalue weighted by atomic mass is 9.88. The molecule has 1 fully saturated rings. The molecule has 1 aliphatic heterocycles. The Kier molecular flexibility index (Phi) is 7.04. The van der Waals surface area contributed by atoms with Crippen LogP contribution in [0, 0.1) is 11.8 Å². The summed E-state index contributed by atoms with van der Waals surface area (Å²) in [5.41, 5.74) is 5.70. The lowest BCUT2D eigenvalue weighted by molar-refractivity contribution is 0.238. The van der Waals surface area contributed by atoms with Gasteiger partial charge in [-0.05, 0) is 58.0 Å². The van der Waals surface area contributed by atoms with Crippen molar-refractivity contribution in [3.05, 3.63) is 0 Å². The van der Waals surface area contributed by atoms with Crippen LogP contribution < -0.4 is 5.73 Å². The van der Waals surface area contributed by atoms with Gasteiger partial charge in [-0.15, -0.1) is 0 Å². The summed E-state index contributed by atoms with van der Waals surface area (Å²) in [6.45, 7) is 14.1. The van der Waals surface area contributed by atoms with Crippen LogP contribution in [0.4, 0.5) is 0 Å². The van der Waals surface area contributed by atoms with Gasteiger partial charge in [0.1, 0.15) is 0 Å². The maximum Gasteiger partial charge on any atom is 0.0231 e. The van der Waals surface area contributed by atoms with Crippen LogP contribution in [-0.2, 0) is 0 Å². The highest BCUT2D eigenvalue weighted by molar-refractivity contribution is 8.00. The van der Waals surface area contributed by atoms with E-state index in [1.807, 2.05) is 0 Å². The van der Waals surface area contributed by atoms with Gasteiger partial charge in [0, 0.05) is 23.6 Å². The maximum absolute atomic E-state index is 5.70. The van der Waals surface area contributed by atoms with Gasteiger partial charge in [0.2, 0.25) is 0 Å². The topological polar surface area (TPSA) is 29.3 Å². The second-order valence-electron chi connectivity index (χ2n) is 6.61. The smallest absolute Gasteiger partial charge is 0.0231 e. The molecule has 3 heteroatoms. The number of thioether (sulfide) groups is 1. The van der Waals surface area contributed by atoms with Gasteiger partial charge in [-0.2, -0.15) is 11.8 Å². The molecular formula is C15H32N2S. The largest absolute Gasteiger partial charge is 0.330 e. The van der Waals surface area contributed by atoms with Crippen molar-refractivity contribution < 1.29 is 0 Å². The Balaban J connectivity index is 2.23. The van der Waals surface area contributed by atoms with Gasteiger partial charge in [-0.25, -0.2) is 0 Å². The quantitative estimate of drug-likeness (QED) is 0.771.